The van der Waals surface area contributed by atoms with Crippen molar-refractivity contribution in [2.75, 3.05) is 25.7 Å². The number of hydrogen-bond donors (Lipinski definition) is 0. The van der Waals surface area contributed by atoms with Crippen molar-refractivity contribution in [3.05, 3.63) is 24.0 Å². The molecule has 1 rings (SSSR count). The normalized spacial score (nSPS) is 13.5. The summed E-state index contributed by atoms with van der Waals surface area (Å²) >= 11 is 0. The van der Waals surface area contributed by atoms with Gasteiger partial charge >= 0.3 is 0 Å². The molecule has 0 spiro atoms. The number of methoxy groups -OCH3 is 1. The lowest BCUT2D eigenvalue weighted by Gasteiger charge is -2.24. The zero-order valence-corrected chi connectivity index (χ0v) is 12.8. The van der Waals surface area contributed by atoms with E-state index in [1.54, 1.807) is 20.2 Å². The maximum absolute atomic E-state index is 11.6. The molecular formula is C13H22N2O3S. The molecule has 19 heavy (non-hydrogen) atoms. The van der Waals surface area contributed by atoms with Gasteiger partial charge in [0.2, 0.25) is 0 Å². The summed E-state index contributed by atoms with van der Waals surface area (Å²) in [5, 5.41) is 0. The summed E-state index contributed by atoms with van der Waals surface area (Å²) in [4.78, 5) is 6.26. The van der Waals surface area contributed by atoms with E-state index in [4.69, 9.17) is 4.74 Å². The molecule has 108 valence electrons. The molecule has 1 aromatic heterocycles. The first kappa shape index (κ1) is 15.9. The van der Waals surface area contributed by atoms with E-state index in [0.29, 0.717) is 12.3 Å². The Balaban J connectivity index is 2.60. The van der Waals surface area contributed by atoms with E-state index in [0.717, 1.165) is 5.69 Å². The Bertz CT molecular complexity index is 485. The Morgan fingerprint density at radius 2 is 2.11 bits per heavy atom. The highest BCUT2D eigenvalue weighted by Crippen LogP contribution is 2.11. The molecule has 0 aliphatic carbocycles. The fourth-order valence-corrected chi connectivity index (χ4v) is 2.87. The highest BCUT2D eigenvalue weighted by Gasteiger charge is 2.17. The minimum Gasteiger partial charge on any atom is -0.495 e. The predicted molar refractivity (Wildman–Crippen MR) is 76.0 cm³/mol. The number of nitrogens with zero attached hydrogens (tertiary/aromatic N) is 2. The van der Waals surface area contributed by atoms with Crippen LogP contribution in [-0.2, 0) is 16.4 Å². The van der Waals surface area contributed by atoms with E-state index in [1.807, 2.05) is 31.0 Å². The fraction of sp³-hybridized carbons (Fsp3) is 0.615. The molecular weight excluding hydrogens is 264 g/mol. The molecule has 0 saturated carbocycles. The van der Waals surface area contributed by atoms with Crippen LogP contribution in [0.25, 0.3) is 0 Å². The summed E-state index contributed by atoms with van der Waals surface area (Å²) in [6.07, 6.45) is 1.66. The second-order valence-electron chi connectivity index (χ2n) is 4.65. The zero-order chi connectivity index (χ0) is 14.5. The Hall–Kier alpha value is -1.14. The smallest absolute Gasteiger partial charge is 0.151 e. The number of rotatable bonds is 7. The van der Waals surface area contributed by atoms with Crippen LogP contribution in [0, 0.1) is 0 Å². The molecule has 1 atom stereocenters. The van der Waals surface area contributed by atoms with Crippen LogP contribution >= 0.6 is 0 Å². The number of pyridine rings is 1. The molecule has 0 amide bonds. The van der Waals surface area contributed by atoms with Gasteiger partial charge in [0, 0.05) is 18.3 Å². The van der Waals surface area contributed by atoms with E-state index in [9.17, 15) is 8.42 Å². The van der Waals surface area contributed by atoms with Crippen LogP contribution in [0.1, 0.15) is 19.5 Å². The van der Waals surface area contributed by atoms with Crippen molar-refractivity contribution >= 4 is 9.84 Å². The van der Waals surface area contributed by atoms with E-state index in [2.05, 4.69) is 4.98 Å². The summed E-state index contributed by atoms with van der Waals surface area (Å²) in [5.41, 5.74) is 0.893. The van der Waals surface area contributed by atoms with Crippen LogP contribution in [0.3, 0.4) is 0 Å². The highest BCUT2D eigenvalue weighted by molar-refractivity contribution is 7.91. The van der Waals surface area contributed by atoms with Crippen LogP contribution < -0.4 is 4.74 Å². The molecule has 6 heteroatoms. The molecule has 1 heterocycles. The molecule has 0 radical (unpaired) electrons. The van der Waals surface area contributed by atoms with Gasteiger partial charge in [-0.2, -0.15) is 0 Å². The van der Waals surface area contributed by atoms with Crippen molar-refractivity contribution in [1.29, 1.82) is 0 Å². The SMILES string of the molecule is CCS(=O)(=O)C[C@@H](C)N(C)Cc1ccc(OC)cn1. The van der Waals surface area contributed by atoms with E-state index < -0.39 is 9.84 Å². The van der Waals surface area contributed by atoms with Crippen LogP contribution in [0.5, 0.6) is 5.75 Å². The lowest BCUT2D eigenvalue weighted by Crippen LogP contribution is -2.35. The molecule has 0 saturated heterocycles. The summed E-state index contributed by atoms with van der Waals surface area (Å²) in [7, 11) is 0.553. The lowest BCUT2D eigenvalue weighted by molar-refractivity contribution is 0.264. The summed E-state index contributed by atoms with van der Waals surface area (Å²) in [5.74, 6) is 1.08. The summed E-state index contributed by atoms with van der Waals surface area (Å²) < 4.78 is 28.2. The molecule has 0 aliphatic rings. The fourth-order valence-electron chi connectivity index (χ4n) is 1.65. The van der Waals surface area contributed by atoms with Gasteiger partial charge in [0.25, 0.3) is 0 Å². The summed E-state index contributed by atoms with van der Waals surface area (Å²) in [6.45, 7) is 4.20. The van der Waals surface area contributed by atoms with Gasteiger partial charge in [-0.05, 0) is 26.1 Å². The lowest BCUT2D eigenvalue weighted by atomic mass is 10.3. The van der Waals surface area contributed by atoms with Gasteiger partial charge in [0.15, 0.2) is 9.84 Å². The average Bonchev–Trinajstić information content (AvgIpc) is 2.39. The standard InChI is InChI=1S/C13H22N2O3S/c1-5-19(16,17)10-11(2)15(3)9-12-6-7-13(18-4)8-14-12/h6-8,11H,5,9-10H2,1-4H3/t11-/m1/s1. The molecule has 0 aliphatic heterocycles. The molecule has 0 aromatic carbocycles. The van der Waals surface area contributed by atoms with Gasteiger partial charge < -0.3 is 4.74 Å². The third kappa shape index (κ3) is 5.16. The number of aromatic nitrogens is 1. The van der Waals surface area contributed by atoms with Crippen molar-refractivity contribution in [2.24, 2.45) is 0 Å². The van der Waals surface area contributed by atoms with Gasteiger partial charge in [-0.1, -0.05) is 6.92 Å². The van der Waals surface area contributed by atoms with Crippen LogP contribution in [0.2, 0.25) is 0 Å². The van der Waals surface area contributed by atoms with Crippen molar-refractivity contribution < 1.29 is 13.2 Å². The molecule has 0 bridgehead atoms. The molecule has 5 nitrogen and oxygen atoms in total. The maximum atomic E-state index is 11.6. The summed E-state index contributed by atoms with van der Waals surface area (Å²) in [6, 6.07) is 3.70. The zero-order valence-electron chi connectivity index (χ0n) is 12.0. The maximum Gasteiger partial charge on any atom is 0.151 e. The van der Waals surface area contributed by atoms with Crippen molar-refractivity contribution in [1.82, 2.24) is 9.88 Å². The first-order valence-corrected chi connectivity index (χ1v) is 8.09. The van der Waals surface area contributed by atoms with Crippen molar-refractivity contribution in [2.45, 2.75) is 26.4 Å². The molecule has 1 aromatic rings. The Morgan fingerprint density at radius 3 is 2.58 bits per heavy atom. The largest absolute Gasteiger partial charge is 0.495 e. The van der Waals surface area contributed by atoms with E-state index in [1.165, 1.54) is 0 Å². The quantitative estimate of drug-likeness (QED) is 0.757. The minimum absolute atomic E-state index is 0.0335. The number of sulfone groups is 1. The third-order valence-electron chi connectivity index (χ3n) is 3.13. The van der Waals surface area contributed by atoms with E-state index >= 15 is 0 Å². The minimum atomic E-state index is -2.95. The predicted octanol–water partition coefficient (Wildman–Crippen LogP) is 1.35. The third-order valence-corrected chi connectivity index (χ3v) is 5.00. The monoisotopic (exact) mass is 286 g/mol. The Morgan fingerprint density at radius 1 is 1.42 bits per heavy atom. The van der Waals surface area contributed by atoms with Gasteiger partial charge in [-0.25, -0.2) is 8.42 Å². The second kappa shape index (κ2) is 6.86. The van der Waals surface area contributed by atoms with Gasteiger partial charge in [0.1, 0.15) is 5.75 Å². The first-order chi connectivity index (χ1) is 8.88. The van der Waals surface area contributed by atoms with E-state index in [-0.39, 0.29) is 17.5 Å². The number of hydrogen-bond acceptors (Lipinski definition) is 5. The first-order valence-electron chi connectivity index (χ1n) is 6.27. The molecule has 0 unspecified atom stereocenters. The second-order valence-corrected chi connectivity index (χ2v) is 7.05. The van der Waals surface area contributed by atoms with Crippen LogP contribution in [0.15, 0.2) is 18.3 Å². The van der Waals surface area contributed by atoms with Gasteiger partial charge in [-0.15, -0.1) is 0 Å². The highest BCUT2D eigenvalue weighted by atomic mass is 32.2. The van der Waals surface area contributed by atoms with Crippen LogP contribution in [-0.4, -0.2) is 50.0 Å². The van der Waals surface area contributed by atoms with Crippen molar-refractivity contribution in [3.8, 4) is 5.75 Å². The molecule has 0 fully saturated rings. The Labute approximate surface area is 115 Å². The van der Waals surface area contributed by atoms with Crippen molar-refractivity contribution in [3.63, 3.8) is 0 Å². The Kier molecular flexibility index (Phi) is 5.75. The van der Waals surface area contributed by atoms with Gasteiger partial charge in [0.05, 0.1) is 24.8 Å². The number of ether oxygens (including phenoxy) is 1. The topological polar surface area (TPSA) is 59.5 Å². The van der Waals surface area contributed by atoms with Gasteiger partial charge in [-0.3, -0.25) is 9.88 Å². The average molecular weight is 286 g/mol. The van der Waals surface area contributed by atoms with Crippen LogP contribution in [0.4, 0.5) is 0 Å². The molecule has 0 N–H and O–H groups in total.